The van der Waals surface area contributed by atoms with Crippen molar-refractivity contribution in [1.29, 1.82) is 0 Å². The Balaban J connectivity index is 2.71. The molecule has 3 nitrogen and oxygen atoms in total. The van der Waals surface area contributed by atoms with Crippen LogP contribution in [0.4, 0.5) is 0 Å². The number of esters is 1. The van der Waals surface area contributed by atoms with E-state index >= 15 is 0 Å². The van der Waals surface area contributed by atoms with E-state index in [0.29, 0.717) is 0 Å². The van der Waals surface area contributed by atoms with Crippen molar-refractivity contribution in [2.75, 3.05) is 20.7 Å². The lowest BCUT2D eigenvalue weighted by molar-refractivity contribution is -0.152. The second-order valence-electron chi connectivity index (χ2n) is 5.29. The molecule has 0 aromatic heterocycles. The van der Waals surface area contributed by atoms with Gasteiger partial charge in [0.05, 0.1) is 7.11 Å². The largest absolute Gasteiger partial charge is 0.468 e. The van der Waals surface area contributed by atoms with Crippen LogP contribution in [0.1, 0.15) is 25.0 Å². The molecule has 0 atom stereocenters. The number of ether oxygens (including phenoxy) is 1. The fraction of sp³-hybridized carbons (Fsp3) is 0.533. The zero-order valence-electron chi connectivity index (χ0n) is 12.3. The Labute approximate surface area is 124 Å². The number of likely N-dealkylation sites (N-methyl/N-ethyl adjacent to an activating group) is 1. The molecule has 1 rings (SSSR count). The van der Waals surface area contributed by atoms with Crippen molar-refractivity contribution in [2.45, 2.75) is 32.7 Å². The van der Waals surface area contributed by atoms with Crippen molar-refractivity contribution in [2.24, 2.45) is 0 Å². The number of halogens is 1. The van der Waals surface area contributed by atoms with E-state index in [1.807, 2.05) is 31.9 Å². The lowest BCUT2D eigenvalue weighted by Crippen LogP contribution is -2.49. The number of methoxy groups -OCH3 is 1. The van der Waals surface area contributed by atoms with Gasteiger partial charge in [0.25, 0.3) is 0 Å². The highest BCUT2D eigenvalue weighted by Crippen LogP contribution is 2.19. The molecule has 0 unspecified atom stereocenters. The molecule has 0 amide bonds. The summed E-state index contributed by atoms with van der Waals surface area (Å²) in [5.41, 5.74) is 1.96. The first-order valence-corrected chi connectivity index (χ1v) is 7.13. The first kappa shape index (κ1) is 16.2. The summed E-state index contributed by atoms with van der Waals surface area (Å²) in [6, 6.07) is 6.28. The van der Waals surface area contributed by atoms with E-state index in [2.05, 4.69) is 35.0 Å². The molecule has 0 saturated heterocycles. The zero-order chi connectivity index (χ0) is 14.6. The van der Waals surface area contributed by atoms with E-state index in [9.17, 15) is 4.79 Å². The summed E-state index contributed by atoms with van der Waals surface area (Å²) in [4.78, 5) is 13.8. The van der Waals surface area contributed by atoms with Gasteiger partial charge in [0.2, 0.25) is 0 Å². The lowest BCUT2D eigenvalue weighted by atomic mass is 10.0. The van der Waals surface area contributed by atoms with Crippen molar-refractivity contribution >= 4 is 21.9 Å². The minimum absolute atomic E-state index is 0.207. The second kappa shape index (κ2) is 6.53. The minimum Gasteiger partial charge on any atom is -0.468 e. The van der Waals surface area contributed by atoms with Crippen LogP contribution in [0.5, 0.6) is 0 Å². The van der Waals surface area contributed by atoms with Gasteiger partial charge in [-0.1, -0.05) is 22.0 Å². The molecule has 0 spiro atoms. The summed E-state index contributed by atoms with van der Waals surface area (Å²) < 4.78 is 5.93. The van der Waals surface area contributed by atoms with E-state index < -0.39 is 5.54 Å². The van der Waals surface area contributed by atoms with E-state index in [1.165, 1.54) is 18.2 Å². The summed E-state index contributed by atoms with van der Waals surface area (Å²) in [5.74, 6) is -0.207. The molecule has 0 aliphatic carbocycles. The Bertz CT molecular complexity index is 457. The van der Waals surface area contributed by atoms with Gasteiger partial charge in [0.15, 0.2) is 0 Å². The van der Waals surface area contributed by atoms with Crippen molar-refractivity contribution in [1.82, 2.24) is 4.90 Å². The number of carbonyl (C=O) groups excluding carboxylic acids is 1. The van der Waals surface area contributed by atoms with E-state index in [-0.39, 0.29) is 5.97 Å². The van der Waals surface area contributed by atoms with Gasteiger partial charge in [-0.25, -0.2) is 0 Å². The number of carbonyl (C=O) groups is 1. The molecule has 4 heteroatoms. The Morgan fingerprint density at radius 1 is 1.42 bits per heavy atom. The molecule has 0 bridgehead atoms. The number of hydrogen-bond donors (Lipinski definition) is 0. The van der Waals surface area contributed by atoms with Crippen LogP contribution >= 0.6 is 15.9 Å². The van der Waals surface area contributed by atoms with Crippen LogP contribution in [0.2, 0.25) is 0 Å². The highest BCUT2D eigenvalue weighted by atomic mass is 79.9. The topological polar surface area (TPSA) is 29.5 Å². The standard InChI is InChI=1S/C15H22BrNO2/c1-11-6-7-13(16)10-12(11)8-9-17(4)15(2,3)14(18)19-5/h6-7,10H,8-9H2,1-5H3. The second-order valence-corrected chi connectivity index (χ2v) is 6.21. The Kier molecular flexibility index (Phi) is 5.56. The van der Waals surface area contributed by atoms with Crippen molar-refractivity contribution in [3.8, 4) is 0 Å². The normalized spacial score (nSPS) is 11.7. The molecule has 106 valence electrons. The number of hydrogen-bond acceptors (Lipinski definition) is 3. The van der Waals surface area contributed by atoms with Gasteiger partial charge in [-0.3, -0.25) is 9.69 Å². The van der Waals surface area contributed by atoms with Gasteiger partial charge in [-0.15, -0.1) is 0 Å². The molecular weight excluding hydrogens is 306 g/mol. The summed E-state index contributed by atoms with van der Waals surface area (Å²) in [5, 5.41) is 0. The number of aryl methyl sites for hydroxylation is 1. The van der Waals surface area contributed by atoms with E-state index in [1.54, 1.807) is 0 Å². The summed E-state index contributed by atoms with van der Waals surface area (Å²) in [6.45, 7) is 6.67. The quantitative estimate of drug-likeness (QED) is 0.778. The maximum atomic E-state index is 11.7. The molecule has 0 saturated carbocycles. The Hall–Kier alpha value is -0.870. The van der Waals surface area contributed by atoms with Crippen LogP contribution in [0.15, 0.2) is 22.7 Å². The third-order valence-corrected chi connectivity index (χ3v) is 4.16. The number of nitrogens with zero attached hydrogens (tertiary/aromatic N) is 1. The van der Waals surface area contributed by atoms with Crippen LogP contribution in [0, 0.1) is 6.92 Å². The SMILES string of the molecule is COC(=O)C(C)(C)N(C)CCc1cc(Br)ccc1C. The fourth-order valence-corrected chi connectivity index (χ4v) is 2.29. The molecule has 0 aliphatic rings. The third kappa shape index (κ3) is 4.05. The average Bonchev–Trinajstić information content (AvgIpc) is 2.38. The highest BCUT2D eigenvalue weighted by molar-refractivity contribution is 9.10. The molecule has 0 heterocycles. The van der Waals surface area contributed by atoms with Gasteiger partial charge < -0.3 is 4.74 Å². The Morgan fingerprint density at radius 2 is 2.05 bits per heavy atom. The smallest absolute Gasteiger partial charge is 0.325 e. The summed E-state index contributed by atoms with van der Waals surface area (Å²) in [6.07, 6.45) is 0.905. The van der Waals surface area contributed by atoms with Gasteiger partial charge in [-0.2, -0.15) is 0 Å². The van der Waals surface area contributed by atoms with Crippen LogP contribution in [-0.2, 0) is 16.0 Å². The molecule has 1 aromatic carbocycles. The number of rotatable bonds is 5. The molecule has 0 radical (unpaired) electrons. The number of benzene rings is 1. The predicted octanol–water partition coefficient (Wildman–Crippen LogP) is 3.18. The summed E-state index contributed by atoms with van der Waals surface area (Å²) >= 11 is 3.49. The molecule has 0 fully saturated rings. The highest BCUT2D eigenvalue weighted by Gasteiger charge is 2.32. The monoisotopic (exact) mass is 327 g/mol. The van der Waals surface area contributed by atoms with E-state index in [0.717, 1.165) is 17.4 Å². The third-order valence-electron chi connectivity index (χ3n) is 3.67. The molecule has 19 heavy (non-hydrogen) atoms. The lowest BCUT2D eigenvalue weighted by Gasteiger charge is -2.32. The molecule has 0 N–H and O–H groups in total. The molecular formula is C15H22BrNO2. The minimum atomic E-state index is -0.603. The molecule has 0 aliphatic heterocycles. The van der Waals surface area contributed by atoms with Crippen LogP contribution in [-0.4, -0.2) is 37.1 Å². The van der Waals surface area contributed by atoms with Gasteiger partial charge >= 0.3 is 5.97 Å². The van der Waals surface area contributed by atoms with Gasteiger partial charge in [0, 0.05) is 11.0 Å². The van der Waals surface area contributed by atoms with E-state index in [4.69, 9.17) is 4.74 Å². The van der Waals surface area contributed by atoms with Crippen LogP contribution in [0.25, 0.3) is 0 Å². The first-order chi connectivity index (χ1) is 8.78. The zero-order valence-corrected chi connectivity index (χ0v) is 13.9. The van der Waals surface area contributed by atoms with Crippen LogP contribution < -0.4 is 0 Å². The predicted molar refractivity (Wildman–Crippen MR) is 81.3 cm³/mol. The van der Waals surface area contributed by atoms with Gasteiger partial charge in [0.1, 0.15) is 5.54 Å². The maximum Gasteiger partial charge on any atom is 0.325 e. The maximum absolute atomic E-state index is 11.7. The first-order valence-electron chi connectivity index (χ1n) is 6.33. The fourth-order valence-electron chi connectivity index (χ4n) is 1.88. The van der Waals surface area contributed by atoms with Crippen molar-refractivity contribution in [3.63, 3.8) is 0 Å². The summed E-state index contributed by atoms with van der Waals surface area (Å²) in [7, 11) is 3.38. The van der Waals surface area contributed by atoms with Crippen molar-refractivity contribution in [3.05, 3.63) is 33.8 Å². The molecule has 1 aromatic rings. The van der Waals surface area contributed by atoms with Crippen LogP contribution in [0.3, 0.4) is 0 Å². The Morgan fingerprint density at radius 3 is 2.63 bits per heavy atom. The van der Waals surface area contributed by atoms with Gasteiger partial charge in [-0.05, 0) is 57.5 Å². The average molecular weight is 328 g/mol. The van der Waals surface area contributed by atoms with Crippen molar-refractivity contribution < 1.29 is 9.53 Å².